The number of hydrogen-bond donors (Lipinski definition) is 2. The Morgan fingerprint density at radius 3 is 2.14 bits per heavy atom. The van der Waals surface area contributed by atoms with E-state index in [0.29, 0.717) is 22.9 Å². The third-order valence-corrected chi connectivity index (χ3v) is 3.91. The molecule has 0 unspecified atom stereocenters. The summed E-state index contributed by atoms with van der Waals surface area (Å²) in [5, 5.41) is 0. The van der Waals surface area contributed by atoms with Crippen LogP contribution in [0.3, 0.4) is 0 Å². The lowest BCUT2D eigenvalue weighted by Gasteiger charge is -2.17. The number of hydrogen-bond acceptors (Lipinski definition) is 6. The Morgan fingerprint density at radius 1 is 1.00 bits per heavy atom. The van der Waals surface area contributed by atoms with Crippen molar-refractivity contribution in [1.29, 1.82) is 0 Å². The first kappa shape index (κ1) is 19.7. The van der Waals surface area contributed by atoms with Crippen molar-refractivity contribution in [2.45, 2.75) is 0 Å². The zero-order chi connectivity index (χ0) is 21.0. The molecule has 0 spiro atoms. The lowest BCUT2D eigenvalue weighted by molar-refractivity contribution is -0.116. The zero-order valence-electron chi connectivity index (χ0n) is 15.5. The third-order valence-electron chi connectivity index (χ3n) is 3.91. The summed E-state index contributed by atoms with van der Waals surface area (Å²) in [5.74, 6) is -0.0281. The van der Waals surface area contributed by atoms with Crippen molar-refractivity contribution in [3.63, 3.8) is 0 Å². The number of primary amides is 2. The average molecular weight is 395 g/mol. The average Bonchev–Trinajstić information content (AvgIpc) is 2.69. The Bertz CT molecular complexity index is 1040. The standard InChI is InChI=1S/C20H18FN5O3/c1-26(11-17(22)27)18-10-16(19(23)28)24-20(25-18)12-2-6-14(7-3-12)29-15-8-4-13(21)5-9-15/h2-10H,11H2,1H3,(H2,22,27)(H2,23,28). The lowest BCUT2D eigenvalue weighted by Crippen LogP contribution is -2.31. The number of nitrogens with two attached hydrogens (primary N) is 2. The number of halogens is 1. The van der Waals surface area contributed by atoms with Crippen LogP contribution in [0, 0.1) is 5.82 Å². The molecule has 0 aliphatic heterocycles. The summed E-state index contributed by atoms with van der Waals surface area (Å²) in [6.07, 6.45) is 0. The summed E-state index contributed by atoms with van der Waals surface area (Å²) in [6.45, 7) is -0.0842. The summed E-state index contributed by atoms with van der Waals surface area (Å²) in [7, 11) is 1.61. The van der Waals surface area contributed by atoms with Gasteiger partial charge >= 0.3 is 0 Å². The van der Waals surface area contributed by atoms with Crippen LogP contribution in [0.5, 0.6) is 11.5 Å². The number of carbonyl (C=O) groups is 2. The Labute approximate surface area is 165 Å². The molecule has 29 heavy (non-hydrogen) atoms. The topological polar surface area (TPSA) is 124 Å². The zero-order valence-corrected chi connectivity index (χ0v) is 15.5. The first-order valence-electron chi connectivity index (χ1n) is 8.54. The van der Waals surface area contributed by atoms with Gasteiger partial charge < -0.3 is 21.1 Å². The second-order valence-electron chi connectivity index (χ2n) is 6.20. The molecular weight excluding hydrogens is 377 g/mol. The summed E-state index contributed by atoms with van der Waals surface area (Å²) in [6, 6.07) is 13.8. The van der Waals surface area contributed by atoms with Crippen LogP contribution in [0.4, 0.5) is 10.2 Å². The lowest BCUT2D eigenvalue weighted by atomic mass is 10.2. The summed E-state index contributed by atoms with van der Waals surface area (Å²) in [4.78, 5) is 32.9. The smallest absolute Gasteiger partial charge is 0.267 e. The van der Waals surface area contributed by atoms with E-state index in [-0.39, 0.29) is 23.9 Å². The Hall–Kier alpha value is -4.01. The van der Waals surface area contributed by atoms with Crippen LogP contribution in [0.2, 0.25) is 0 Å². The molecule has 0 bridgehead atoms. The second-order valence-corrected chi connectivity index (χ2v) is 6.20. The van der Waals surface area contributed by atoms with E-state index >= 15 is 0 Å². The number of carbonyl (C=O) groups excluding carboxylic acids is 2. The van der Waals surface area contributed by atoms with Crippen LogP contribution in [-0.2, 0) is 4.79 Å². The fraction of sp³-hybridized carbons (Fsp3) is 0.100. The van der Waals surface area contributed by atoms with Crippen molar-refractivity contribution in [3.8, 4) is 22.9 Å². The van der Waals surface area contributed by atoms with Crippen LogP contribution in [0.15, 0.2) is 54.6 Å². The number of rotatable bonds is 7. The number of ether oxygens (including phenoxy) is 1. The van der Waals surface area contributed by atoms with E-state index in [9.17, 15) is 14.0 Å². The maximum Gasteiger partial charge on any atom is 0.267 e. The van der Waals surface area contributed by atoms with E-state index in [2.05, 4.69) is 9.97 Å². The molecule has 0 aliphatic carbocycles. The second kappa shape index (κ2) is 8.34. The minimum Gasteiger partial charge on any atom is -0.457 e. The van der Waals surface area contributed by atoms with Gasteiger partial charge in [0.25, 0.3) is 5.91 Å². The van der Waals surface area contributed by atoms with E-state index in [0.717, 1.165) is 0 Å². The summed E-state index contributed by atoms with van der Waals surface area (Å²) in [5.41, 5.74) is 11.2. The van der Waals surface area contributed by atoms with E-state index in [1.54, 1.807) is 31.3 Å². The Kier molecular flexibility index (Phi) is 5.68. The fourth-order valence-electron chi connectivity index (χ4n) is 2.51. The molecule has 2 amide bonds. The van der Waals surface area contributed by atoms with Crippen molar-refractivity contribution in [3.05, 3.63) is 66.1 Å². The quantitative estimate of drug-likeness (QED) is 0.631. The summed E-state index contributed by atoms with van der Waals surface area (Å²) >= 11 is 0. The van der Waals surface area contributed by atoms with E-state index in [1.165, 1.54) is 35.2 Å². The van der Waals surface area contributed by atoms with Gasteiger partial charge in [-0.2, -0.15) is 0 Å². The molecule has 0 fully saturated rings. The van der Waals surface area contributed by atoms with E-state index in [4.69, 9.17) is 16.2 Å². The molecule has 2 aromatic carbocycles. The van der Waals surface area contributed by atoms with E-state index < -0.39 is 11.8 Å². The number of aromatic nitrogens is 2. The molecule has 0 aliphatic rings. The Balaban J connectivity index is 1.88. The maximum atomic E-state index is 13.0. The van der Waals surface area contributed by atoms with Gasteiger partial charge in [-0.1, -0.05) is 0 Å². The largest absolute Gasteiger partial charge is 0.457 e. The Morgan fingerprint density at radius 2 is 1.59 bits per heavy atom. The molecule has 3 aromatic rings. The monoisotopic (exact) mass is 395 g/mol. The van der Waals surface area contributed by atoms with Gasteiger partial charge in [0.05, 0.1) is 6.54 Å². The molecular formula is C20H18FN5O3. The van der Waals surface area contributed by atoms with Gasteiger partial charge in [-0.05, 0) is 48.5 Å². The molecule has 3 rings (SSSR count). The highest BCUT2D eigenvalue weighted by Gasteiger charge is 2.14. The molecule has 0 saturated heterocycles. The highest BCUT2D eigenvalue weighted by atomic mass is 19.1. The normalized spacial score (nSPS) is 10.4. The first-order chi connectivity index (χ1) is 13.8. The predicted molar refractivity (Wildman–Crippen MR) is 105 cm³/mol. The SMILES string of the molecule is CN(CC(N)=O)c1cc(C(N)=O)nc(-c2ccc(Oc3ccc(F)cc3)cc2)n1. The minimum absolute atomic E-state index is 0.00737. The van der Waals surface area contributed by atoms with Crippen molar-refractivity contribution >= 4 is 17.6 Å². The van der Waals surface area contributed by atoms with Crippen LogP contribution < -0.4 is 21.1 Å². The van der Waals surface area contributed by atoms with Crippen LogP contribution in [-0.4, -0.2) is 35.4 Å². The van der Waals surface area contributed by atoms with Crippen LogP contribution >= 0.6 is 0 Å². The van der Waals surface area contributed by atoms with Gasteiger partial charge in [0.1, 0.15) is 28.8 Å². The number of anilines is 1. The van der Waals surface area contributed by atoms with Crippen LogP contribution in [0.1, 0.15) is 10.5 Å². The van der Waals surface area contributed by atoms with Crippen molar-refractivity contribution < 1.29 is 18.7 Å². The molecule has 0 saturated carbocycles. The molecule has 0 atom stereocenters. The predicted octanol–water partition coefficient (Wildman–Crippen LogP) is 2.10. The van der Waals surface area contributed by atoms with Gasteiger partial charge in [0.15, 0.2) is 5.82 Å². The van der Waals surface area contributed by atoms with Gasteiger partial charge in [-0.3, -0.25) is 9.59 Å². The fourth-order valence-corrected chi connectivity index (χ4v) is 2.51. The highest BCUT2D eigenvalue weighted by Crippen LogP contribution is 2.25. The molecule has 148 valence electrons. The number of likely N-dealkylation sites (N-methyl/N-ethyl adjacent to an activating group) is 1. The maximum absolute atomic E-state index is 13.0. The van der Waals surface area contributed by atoms with Crippen molar-refractivity contribution in [2.75, 3.05) is 18.5 Å². The number of amides is 2. The van der Waals surface area contributed by atoms with Gasteiger partial charge in [0.2, 0.25) is 5.91 Å². The first-order valence-corrected chi connectivity index (χ1v) is 8.54. The van der Waals surface area contributed by atoms with E-state index in [1.807, 2.05) is 0 Å². The third kappa shape index (κ3) is 5.04. The van der Waals surface area contributed by atoms with Gasteiger partial charge in [0, 0.05) is 18.7 Å². The molecule has 1 aromatic heterocycles. The molecule has 8 nitrogen and oxygen atoms in total. The van der Waals surface area contributed by atoms with Gasteiger partial charge in [-0.15, -0.1) is 0 Å². The van der Waals surface area contributed by atoms with Gasteiger partial charge in [-0.25, -0.2) is 14.4 Å². The molecule has 1 heterocycles. The highest BCUT2D eigenvalue weighted by molar-refractivity contribution is 5.92. The summed E-state index contributed by atoms with van der Waals surface area (Å²) < 4.78 is 18.6. The minimum atomic E-state index is -0.723. The van der Waals surface area contributed by atoms with Crippen molar-refractivity contribution in [1.82, 2.24) is 9.97 Å². The molecule has 0 radical (unpaired) electrons. The molecule has 9 heteroatoms. The number of benzene rings is 2. The molecule has 4 N–H and O–H groups in total. The van der Waals surface area contributed by atoms with Crippen LogP contribution in [0.25, 0.3) is 11.4 Å². The number of nitrogens with zero attached hydrogens (tertiary/aromatic N) is 3. The van der Waals surface area contributed by atoms with Crippen molar-refractivity contribution in [2.24, 2.45) is 11.5 Å².